The van der Waals surface area contributed by atoms with Gasteiger partial charge in [0.25, 0.3) is 0 Å². The van der Waals surface area contributed by atoms with E-state index in [0.29, 0.717) is 16.6 Å². The fraction of sp³-hybridized carbons (Fsp3) is 0.0909. The molecule has 2 N–H and O–H groups in total. The van der Waals surface area contributed by atoms with Gasteiger partial charge in [-0.25, -0.2) is 14.4 Å². The zero-order chi connectivity index (χ0) is 12.3. The molecule has 0 amide bonds. The third-order valence-electron chi connectivity index (χ3n) is 2.06. The number of nitrogens with two attached hydrogens (primary N) is 1. The van der Waals surface area contributed by atoms with Crippen LogP contribution in [0.2, 0.25) is 0 Å². The van der Waals surface area contributed by atoms with Crippen molar-refractivity contribution in [3.63, 3.8) is 0 Å². The van der Waals surface area contributed by atoms with Gasteiger partial charge in [-0.15, -0.1) is 0 Å². The third kappa shape index (κ3) is 3.17. The lowest BCUT2D eigenvalue weighted by Gasteiger charge is -2.05. The van der Waals surface area contributed by atoms with Crippen LogP contribution in [-0.4, -0.2) is 9.97 Å². The van der Waals surface area contributed by atoms with Gasteiger partial charge < -0.3 is 5.73 Å². The quantitative estimate of drug-likeness (QED) is 0.884. The molecule has 0 fully saturated rings. The Kier molecular flexibility index (Phi) is 3.96. The molecular formula is C11H9BrFN3S. The minimum Gasteiger partial charge on any atom is -0.381 e. The molecule has 88 valence electrons. The molecule has 0 saturated heterocycles. The maximum Gasteiger partial charge on any atom is 0.156 e. The summed E-state index contributed by atoms with van der Waals surface area (Å²) in [5.41, 5.74) is 6.53. The summed E-state index contributed by atoms with van der Waals surface area (Å²) >= 11 is 4.80. The van der Waals surface area contributed by atoms with E-state index in [4.69, 9.17) is 5.73 Å². The molecule has 1 aromatic heterocycles. The molecule has 0 aliphatic carbocycles. The molecular weight excluding hydrogens is 305 g/mol. The average molecular weight is 314 g/mol. The zero-order valence-electron chi connectivity index (χ0n) is 8.73. The highest BCUT2D eigenvalue weighted by atomic mass is 79.9. The van der Waals surface area contributed by atoms with Gasteiger partial charge in [0.2, 0.25) is 0 Å². The van der Waals surface area contributed by atoms with Crippen molar-refractivity contribution in [1.29, 1.82) is 0 Å². The lowest BCUT2D eigenvalue weighted by Crippen LogP contribution is -1.95. The van der Waals surface area contributed by atoms with Gasteiger partial charge in [-0.05, 0) is 23.8 Å². The number of nitrogens with zero attached hydrogens (tertiary/aromatic N) is 2. The minimum absolute atomic E-state index is 0.254. The summed E-state index contributed by atoms with van der Waals surface area (Å²) in [6.07, 6.45) is 3.12. The van der Waals surface area contributed by atoms with Crippen molar-refractivity contribution < 1.29 is 4.39 Å². The summed E-state index contributed by atoms with van der Waals surface area (Å²) in [7, 11) is 0. The van der Waals surface area contributed by atoms with Crippen LogP contribution >= 0.6 is 27.7 Å². The summed E-state index contributed by atoms with van der Waals surface area (Å²) in [5.74, 6) is 0.724. The molecule has 0 bridgehead atoms. The Hall–Kier alpha value is -1.14. The van der Waals surface area contributed by atoms with E-state index in [2.05, 4.69) is 25.9 Å². The van der Waals surface area contributed by atoms with Gasteiger partial charge in [0.15, 0.2) is 5.82 Å². The van der Waals surface area contributed by atoms with Gasteiger partial charge in [-0.3, -0.25) is 0 Å². The van der Waals surface area contributed by atoms with E-state index >= 15 is 0 Å². The van der Waals surface area contributed by atoms with E-state index in [0.717, 1.165) is 10.0 Å². The largest absolute Gasteiger partial charge is 0.381 e. The van der Waals surface area contributed by atoms with Gasteiger partial charge in [-0.1, -0.05) is 27.7 Å². The van der Waals surface area contributed by atoms with Crippen molar-refractivity contribution >= 4 is 33.5 Å². The van der Waals surface area contributed by atoms with Crippen LogP contribution in [0.25, 0.3) is 0 Å². The van der Waals surface area contributed by atoms with Crippen LogP contribution in [0.5, 0.6) is 0 Å². The van der Waals surface area contributed by atoms with E-state index in [1.807, 2.05) is 0 Å². The number of benzene rings is 1. The second-order valence-electron chi connectivity index (χ2n) is 3.27. The Morgan fingerprint density at radius 1 is 1.29 bits per heavy atom. The highest BCUT2D eigenvalue weighted by Gasteiger charge is 2.06. The maximum atomic E-state index is 13.1. The molecule has 17 heavy (non-hydrogen) atoms. The number of halogens is 2. The highest BCUT2D eigenvalue weighted by Crippen LogP contribution is 2.28. The number of nitrogen functional groups attached to an aromatic ring is 1. The van der Waals surface area contributed by atoms with Gasteiger partial charge in [0.05, 0.1) is 0 Å². The van der Waals surface area contributed by atoms with Crippen molar-refractivity contribution in [3.05, 3.63) is 46.4 Å². The SMILES string of the molecule is Nc1nccnc1SCc1cc(F)ccc1Br. The minimum atomic E-state index is -0.254. The first-order valence-electron chi connectivity index (χ1n) is 4.80. The van der Waals surface area contributed by atoms with Crippen molar-refractivity contribution in [3.8, 4) is 0 Å². The second kappa shape index (κ2) is 5.46. The second-order valence-corrected chi connectivity index (χ2v) is 5.09. The van der Waals surface area contributed by atoms with Crippen LogP contribution in [0.15, 0.2) is 40.1 Å². The van der Waals surface area contributed by atoms with Crippen LogP contribution in [0.1, 0.15) is 5.56 Å². The lowest BCUT2D eigenvalue weighted by atomic mass is 10.2. The Morgan fingerprint density at radius 2 is 2.06 bits per heavy atom. The Labute approximate surface area is 111 Å². The molecule has 2 rings (SSSR count). The summed E-state index contributed by atoms with van der Waals surface area (Å²) in [4.78, 5) is 8.05. The predicted octanol–water partition coefficient (Wildman–Crippen LogP) is 3.25. The number of anilines is 1. The Bertz CT molecular complexity index is 536. The molecule has 0 aliphatic rings. The number of rotatable bonds is 3. The number of hydrogen-bond acceptors (Lipinski definition) is 4. The van der Waals surface area contributed by atoms with Crippen LogP contribution in [-0.2, 0) is 5.75 Å². The summed E-state index contributed by atoms with van der Waals surface area (Å²) < 4.78 is 13.9. The van der Waals surface area contributed by atoms with E-state index in [1.54, 1.807) is 12.3 Å². The Morgan fingerprint density at radius 3 is 2.82 bits per heavy atom. The van der Waals surface area contributed by atoms with Crippen molar-refractivity contribution in [2.24, 2.45) is 0 Å². The van der Waals surface area contributed by atoms with E-state index in [9.17, 15) is 4.39 Å². The molecule has 0 spiro atoms. The number of aromatic nitrogens is 2. The number of thioether (sulfide) groups is 1. The lowest BCUT2D eigenvalue weighted by molar-refractivity contribution is 0.626. The predicted molar refractivity (Wildman–Crippen MR) is 70.1 cm³/mol. The highest BCUT2D eigenvalue weighted by molar-refractivity contribution is 9.10. The molecule has 6 heteroatoms. The third-order valence-corrected chi connectivity index (χ3v) is 3.88. The monoisotopic (exact) mass is 313 g/mol. The Balaban J connectivity index is 2.12. The van der Waals surface area contributed by atoms with Gasteiger partial charge >= 0.3 is 0 Å². The molecule has 2 aromatic rings. The van der Waals surface area contributed by atoms with Crippen molar-refractivity contribution in [2.75, 3.05) is 5.73 Å². The topological polar surface area (TPSA) is 51.8 Å². The molecule has 0 saturated carbocycles. The maximum absolute atomic E-state index is 13.1. The fourth-order valence-corrected chi connectivity index (χ4v) is 2.69. The smallest absolute Gasteiger partial charge is 0.156 e. The van der Waals surface area contributed by atoms with Gasteiger partial charge in [0.1, 0.15) is 10.8 Å². The van der Waals surface area contributed by atoms with E-state index in [1.165, 1.54) is 30.1 Å². The first-order chi connectivity index (χ1) is 8.16. The van der Waals surface area contributed by atoms with Crippen LogP contribution in [0.4, 0.5) is 10.2 Å². The van der Waals surface area contributed by atoms with Crippen LogP contribution in [0, 0.1) is 5.82 Å². The molecule has 0 atom stereocenters. The molecule has 0 radical (unpaired) electrons. The molecule has 0 aliphatic heterocycles. The van der Waals surface area contributed by atoms with Crippen molar-refractivity contribution in [1.82, 2.24) is 9.97 Å². The van der Waals surface area contributed by atoms with Crippen molar-refractivity contribution in [2.45, 2.75) is 10.8 Å². The van der Waals surface area contributed by atoms with E-state index in [-0.39, 0.29) is 5.82 Å². The molecule has 3 nitrogen and oxygen atoms in total. The summed E-state index contributed by atoms with van der Waals surface area (Å²) in [5, 5.41) is 0.656. The first-order valence-corrected chi connectivity index (χ1v) is 6.58. The first kappa shape index (κ1) is 12.3. The van der Waals surface area contributed by atoms with Gasteiger partial charge in [0, 0.05) is 22.6 Å². The van der Waals surface area contributed by atoms with Crippen LogP contribution < -0.4 is 5.73 Å². The van der Waals surface area contributed by atoms with Crippen LogP contribution in [0.3, 0.4) is 0 Å². The summed E-state index contributed by atoms with van der Waals surface area (Å²) in [6.45, 7) is 0. The van der Waals surface area contributed by atoms with E-state index < -0.39 is 0 Å². The fourth-order valence-electron chi connectivity index (χ4n) is 1.25. The normalized spacial score (nSPS) is 10.5. The zero-order valence-corrected chi connectivity index (χ0v) is 11.1. The number of hydrogen-bond donors (Lipinski definition) is 1. The molecule has 0 unspecified atom stereocenters. The molecule has 1 heterocycles. The average Bonchev–Trinajstić information content (AvgIpc) is 2.32. The summed E-state index contributed by atoms with van der Waals surface area (Å²) in [6, 6.07) is 4.59. The van der Waals surface area contributed by atoms with Gasteiger partial charge in [-0.2, -0.15) is 0 Å². The standard InChI is InChI=1S/C11H9BrFN3S/c12-9-2-1-8(13)5-7(9)6-17-11-10(14)15-3-4-16-11/h1-5H,6H2,(H2,14,15). The molecule has 1 aromatic carbocycles.